The number of aromatic nitrogens is 1. The van der Waals surface area contributed by atoms with Gasteiger partial charge in [-0.2, -0.15) is 0 Å². The Kier molecular flexibility index (Phi) is 6.18. The van der Waals surface area contributed by atoms with E-state index in [4.69, 9.17) is 4.74 Å². The molecular formula is C25H25NO4S. The summed E-state index contributed by atoms with van der Waals surface area (Å²) in [6.07, 6.45) is 7.85. The van der Waals surface area contributed by atoms with Gasteiger partial charge >= 0.3 is 5.97 Å². The van der Waals surface area contributed by atoms with Crippen molar-refractivity contribution < 1.29 is 17.9 Å². The summed E-state index contributed by atoms with van der Waals surface area (Å²) >= 11 is 0. The first kappa shape index (κ1) is 21.2. The smallest absolute Gasteiger partial charge is 0.338 e. The zero-order valence-electron chi connectivity index (χ0n) is 17.5. The van der Waals surface area contributed by atoms with E-state index in [0.717, 1.165) is 36.8 Å². The summed E-state index contributed by atoms with van der Waals surface area (Å²) < 4.78 is 30.9. The van der Waals surface area contributed by atoms with Gasteiger partial charge in [0.25, 0.3) is 0 Å². The van der Waals surface area contributed by atoms with E-state index in [2.05, 4.69) is 4.98 Å². The van der Waals surface area contributed by atoms with E-state index in [9.17, 15) is 13.2 Å². The first-order chi connectivity index (χ1) is 15.0. The fourth-order valence-electron chi connectivity index (χ4n) is 4.36. The van der Waals surface area contributed by atoms with Crippen molar-refractivity contribution in [3.63, 3.8) is 0 Å². The number of hydrogen-bond donors (Lipinski definition) is 0. The Bertz CT molecular complexity index is 1190. The van der Waals surface area contributed by atoms with Crippen molar-refractivity contribution in [1.29, 1.82) is 0 Å². The Balaban J connectivity index is 1.57. The standard InChI is InChI=1S/C25H25NO4S/c1-30-25(27)24-14-15-26-17-20(24)11-10-18-6-5-7-19-16-22(12-13-23(18)19)31(28,29)21-8-3-2-4-9-21/h2-4,8-9,12-18H,5-7,10-11H2,1H3/t18-/m0/s1. The molecule has 0 fully saturated rings. The van der Waals surface area contributed by atoms with E-state index in [1.54, 1.807) is 48.8 Å². The molecule has 0 radical (unpaired) electrons. The van der Waals surface area contributed by atoms with Crippen molar-refractivity contribution in [2.24, 2.45) is 0 Å². The molecule has 1 aliphatic rings. The quantitative estimate of drug-likeness (QED) is 0.522. The van der Waals surface area contributed by atoms with Crippen molar-refractivity contribution >= 4 is 15.8 Å². The van der Waals surface area contributed by atoms with Gasteiger partial charge in [-0.1, -0.05) is 24.3 Å². The number of methoxy groups -OCH3 is 1. The molecule has 4 rings (SSSR count). The van der Waals surface area contributed by atoms with Gasteiger partial charge in [-0.15, -0.1) is 0 Å². The molecule has 31 heavy (non-hydrogen) atoms. The molecule has 0 spiro atoms. The summed E-state index contributed by atoms with van der Waals surface area (Å²) in [5.74, 6) is -0.0277. The number of benzene rings is 2. The molecule has 0 aliphatic heterocycles. The number of hydrogen-bond acceptors (Lipinski definition) is 5. The summed E-state index contributed by atoms with van der Waals surface area (Å²) in [6.45, 7) is 0. The van der Waals surface area contributed by atoms with Gasteiger partial charge in [0.1, 0.15) is 0 Å². The molecule has 1 heterocycles. The molecule has 0 N–H and O–H groups in total. The van der Waals surface area contributed by atoms with E-state index in [1.807, 2.05) is 18.2 Å². The molecule has 6 heteroatoms. The van der Waals surface area contributed by atoms with Crippen LogP contribution in [0.25, 0.3) is 0 Å². The van der Waals surface area contributed by atoms with Crippen LogP contribution in [-0.2, 0) is 27.4 Å². The van der Waals surface area contributed by atoms with E-state index >= 15 is 0 Å². The maximum Gasteiger partial charge on any atom is 0.338 e. The third kappa shape index (κ3) is 4.39. The average Bonchev–Trinajstić information content (AvgIpc) is 2.82. The molecule has 3 aromatic rings. The highest BCUT2D eigenvalue weighted by Crippen LogP contribution is 2.37. The number of ether oxygens (including phenoxy) is 1. The Morgan fingerprint density at radius 3 is 2.68 bits per heavy atom. The van der Waals surface area contributed by atoms with Crippen LogP contribution in [0.4, 0.5) is 0 Å². The number of pyridine rings is 1. The predicted molar refractivity (Wildman–Crippen MR) is 118 cm³/mol. The minimum Gasteiger partial charge on any atom is -0.465 e. The fraction of sp³-hybridized carbons (Fsp3) is 0.280. The highest BCUT2D eigenvalue weighted by Gasteiger charge is 2.24. The lowest BCUT2D eigenvalue weighted by Crippen LogP contribution is -2.13. The molecule has 1 atom stereocenters. The molecule has 5 nitrogen and oxygen atoms in total. The Hall–Kier alpha value is -2.99. The van der Waals surface area contributed by atoms with E-state index in [1.165, 1.54) is 12.7 Å². The van der Waals surface area contributed by atoms with Gasteiger partial charge in [-0.25, -0.2) is 13.2 Å². The van der Waals surface area contributed by atoms with Crippen molar-refractivity contribution in [2.45, 2.75) is 47.8 Å². The largest absolute Gasteiger partial charge is 0.465 e. The van der Waals surface area contributed by atoms with Crippen molar-refractivity contribution in [1.82, 2.24) is 4.98 Å². The summed E-state index contributed by atoms with van der Waals surface area (Å²) in [4.78, 5) is 16.8. The van der Waals surface area contributed by atoms with E-state index < -0.39 is 9.84 Å². The second-order valence-corrected chi connectivity index (χ2v) is 9.78. The first-order valence-corrected chi connectivity index (χ1v) is 11.9. The van der Waals surface area contributed by atoms with Crippen LogP contribution in [0, 0.1) is 0 Å². The fourth-order valence-corrected chi connectivity index (χ4v) is 5.69. The Morgan fingerprint density at radius 2 is 1.90 bits per heavy atom. The number of fused-ring (bicyclic) bond motifs is 1. The van der Waals surface area contributed by atoms with Crippen molar-refractivity contribution in [3.8, 4) is 0 Å². The van der Waals surface area contributed by atoms with E-state index in [-0.39, 0.29) is 5.97 Å². The molecule has 1 aliphatic carbocycles. The number of carbonyl (C=O) groups is 1. The van der Waals surface area contributed by atoms with Crippen LogP contribution < -0.4 is 0 Å². The zero-order valence-corrected chi connectivity index (χ0v) is 18.3. The topological polar surface area (TPSA) is 73.3 Å². The van der Waals surface area contributed by atoms with Gasteiger partial charge in [-0.3, -0.25) is 4.98 Å². The predicted octanol–water partition coefficient (Wildman–Crippen LogP) is 4.75. The highest BCUT2D eigenvalue weighted by molar-refractivity contribution is 7.91. The van der Waals surface area contributed by atoms with Gasteiger partial charge < -0.3 is 4.74 Å². The van der Waals surface area contributed by atoms with Crippen LogP contribution in [0.2, 0.25) is 0 Å². The summed E-state index contributed by atoms with van der Waals surface area (Å²) in [6, 6.07) is 15.8. The molecule has 160 valence electrons. The van der Waals surface area contributed by atoms with Crippen molar-refractivity contribution in [3.05, 3.63) is 89.2 Å². The minimum atomic E-state index is -3.52. The lowest BCUT2D eigenvalue weighted by molar-refractivity contribution is 0.0599. The Morgan fingerprint density at radius 1 is 1.10 bits per heavy atom. The van der Waals surface area contributed by atoms with Crippen LogP contribution in [0.5, 0.6) is 0 Å². The van der Waals surface area contributed by atoms with Gasteiger partial charge in [-0.05, 0) is 85.0 Å². The summed E-state index contributed by atoms with van der Waals surface area (Å²) in [5.41, 5.74) is 3.75. The van der Waals surface area contributed by atoms with Crippen LogP contribution in [-0.4, -0.2) is 26.5 Å². The van der Waals surface area contributed by atoms with Crippen LogP contribution >= 0.6 is 0 Å². The summed E-state index contributed by atoms with van der Waals surface area (Å²) in [7, 11) is -2.14. The first-order valence-electron chi connectivity index (χ1n) is 10.4. The monoisotopic (exact) mass is 435 g/mol. The molecule has 0 unspecified atom stereocenters. The van der Waals surface area contributed by atoms with Gasteiger partial charge in [0.15, 0.2) is 0 Å². The molecular weight excluding hydrogens is 410 g/mol. The SMILES string of the molecule is COC(=O)c1ccncc1CC[C@@H]1CCCc2cc(S(=O)(=O)c3ccccc3)ccc21. The van der Waals surface area contributed by atoms with Crippen LogP contribution in [0.1, 0.15) is 52.2 Å². The number of aryl methyl sites for hydroxylation is 2. The second kappa shape index (κ2) is 9.02. The number of carbonyl (C=O) groups excluding carboxylic acids is 1. The normalized spacial score (nSPS) is 15.8. The average molecular weight is 436 g/mol. The van der Waals surface area contributed by atoms with Gasteiger partial charge in [0, 0.05) is 12.4 Å². The molecule has 0 saturated heterocycles. The van der Waals surface area contributed by atoms with Gasteiger partial charge in [0.2, 0.25) is 9.84 Å². The van der Waals surface area contributed by atoms with E-state index in [0.29, 0.717) is 27.7 Å². The number of nitrogens with zero attached hydrogens (tertiary/aromatic N) is 1. The third-order valence-electron chi connectivity index (χ3n) is 5.99. The maximum atomic E-state index is 13.0. The molecule has 0 saturated carbocycles. The molecule has 2 aromatic carbocycles. The highest BCUT2D eigenvalue weighted by atomic mass is 32.2. The van der Waals surface area contributed by atoms with Crippen LogP contribution in [0.15, 0.2) is 76.8 Å². The molecule has 0 bridgehead atoms. The summed E-state index contributed by atoms with van der Waals surface area (Å²) in [5, 5.41) is 0. The molecule has 1 aromatic heterocycles. The number of rotatable bonds is 6. The second-order valence-electron chi connectivity index (χ2n) is 7.83. The molecule has 0 amide bonds. The minimum absolute atomic E-state index is 0.314. The lowest BCUT2D eigenvalue weighted by atomic mass is 9.80. The zero-order chi connectivity index (χ0) is 21.8. The van der Waals surface area contributed by atoms with Gasteiger partial charge in [0.05, 0.1) is 22.5 Å². The van der Waals surface area contributed by atoms with Crippen LogP contribution in [0.3, 0.4) is 0 Å². The maximum absolute atomic E-state index is 13.0. The number of sulfone groups is 1. The third-order valence-corrected chi connectivity index (χ3v) is 7.76. The lowest BCUT2D eigenvalue weighted by Gasteiger charge is -2.26. The Labute approximate surface area is 183 Å². The van der Waals surface area contributed by atoms with Crippen molar-refractivity contribution in [2.75, 3.05) is 7.11 Å². The number of esters is 1.